The first-order valence-electron chi connectivity index (χ1n) is 6.32. The second-order valence-electron chi connectivity index (χ2n) is 5.74. The van der Waals surface area contributed by atoms with Crippen molar-refractivity contribution in [1.29, 1.82) is 0 Å². The third-order valence-electron chi connectivity index (χ3n) is 3.39. The van der Waals surface area contributed by atoms with E-state index >= 15 is 0 Å². The molecule has 4 heteroatoms. The van der Waals surface area contributed by atoms with Crippen LogP contribution in [0.15, 0.2) is 24.4 Å². The zero-order valence-electron chi connectivity index (χ0n) is 12.2. The molecule has 19 heavy (non-hydrogen) atoms. The van der Waals surface area contributed by atoms with E-state index in [1.165, 1.54) is 0 Å². The molecule has 4 nitrogen and oxygen atoms in total. The quantitative estimate of drug-likeness (QED) is 0.847. The first-order chi connectivity index (χ1) is 8.73. The fourth-order valence-corrected chi connectivity index (χ4v) is 1.76. The van der Waals surface area contributed by atoms with Gasteiger partial charge in [-0.05, 0) is 30.5 Å². The number of carboxylic acids is 1. The summed E-state index contributed by atoms with van der Waals surface area (Å²) in [5.41, 5.74) is 0.920. The van der Waals surface area contributed by atoms with E-state index < -0.39 is 5.97 Å². The minimum absolute atomic E-state index is 0.111. The molecule has 0 saturated heterocycles. The van der Waals surface area contributed by atoms with Crippen LogP contribution < -0.4 is 4.90 Å². The van der Waals surface area contributed by atoms with Gasteiger partial charge in [0.1, 0.15) is 5.82 Å². The Kier molecular flexibility index (Phi) is 4.70. The monoisotopic (exact) mass is 262 g/mol. The van der Waals surface area contributed by atoms with Gasteiger partial charge in [-0.3, -0.25) is 0 Å². The van der Waals surface area contributed by atoms with Gasteiger partial charge in [-0.1, -0.05) is 20.8 Å². The number of anilines is 1. The van der Waals surface area contributed by atoms with E-state index in [1.54, 1.807) is 18.3 Å². The predicted octanol–water partition coefficient (Wildman–Crippen LogP) is 3.05. The normalized spacial score (nSPS) is 13.5. The fourth-order valence-electron chi connectivity index (χ4n) is 1.76. The van der Waals surface area contributed by atoms with Crippen molar-refractivity contribution in [3.8, 4) is 0 Å². The van der Waals surface area contributed by atoms with Crippen molar-refractivity contribution < 1.29 is 9.90 Å². The van der Waals surface area contributed by atoms with E-state index in [9.17, 15) is 4.79 Å². The summed E-state index contributed by atoms with van der Waals surface area (Å²) >= 11 is 0. The average Bonchev–Trinajstić information content (AvgIpc) is 2.33. The number of carboxylic acid groups (broad SMARTS) is 1. The molecule has 1 aromatic rings. The van der Waals surface area contributed by atoms with E-state index in [2.05, 4.69) is 37.6 Å². The highest BCUT2D eigenvalue weighted by atomic mass is 16.4. The van der Waals surface area contributed by atoms with Gasteiger partial charge in [-0.15, -0.1) is 0 Å². The zero-order chi connectivity index (χ0) is 14.6. The van der Waals surface area contributed by atoms with E-state index in [0.717, 1.165) is 17.5 Å². The lowest BCUT2D eigenvalue weighted by molar-refractivity contribution is -0.131. The molecule has 0 aliphatic rings. The summed E-state index contributed by atoms with van der Waals surface area (Å²) in [6.07, 6.45) is 4.44. The third kappa shape index (κ3) is 4.09. The van der Waals surface area contributed by atoms with Gasteiger partial charge in [-0.25, -0.2) is 9.78 Å². The zero-order valence-corrected chi connectivity index (χ0v) is 12.2. The lowest BCUT2D eigenvalue weighted by Crippen LogP contribution is -2.40. The summed E-state index contributed by atoms with van der Waals surface area (Å²) < 4.78 is 0. The van der Waals surface area contributed by atoms with Crippen LogP contribution >= 0.6 is 0 Å². The minimum Gasteiger partial charge on any atom is -0.478 e. The Hall–Kier alpha value is -1.84. The largest absolute Gasteiger partial charge is 0.478 e. The minimum atomic E-state index is -0.957. The molecule has 0 aromatic carbocycles. The van der Waals surface area contributed by atoms with Crippen molar-refractivity contribution in [2.24, 2.45) is 5.41 Å². The van der Waals surface area contributed by atoms with Crippen molar-refractivity contribution in [3.05, 3.63) is 30.0 Å². The van der Waals surface area contributed by atoms with Gasteiger partial charge in [0, 0.05) is 30.9 Å². The Morgan fingerprint density at radius 3 is 2.63 bits per heavy atom. The summed E-state index contributed by atoms with van der Waals surface area (Å²) in [7, 11) is 1.98. The van der Waals surface area contributed by atoms with Crippen molar-refractivity contribution in [1.82, 2.24) is 4.98 Å². The Morgan fingerprint density at radius 2 is 2.11 bits per heavy atom. The summed E-state index contributed by atoms with van der Waals surface area (Å²) in [6, 6.07) is 3.95. The maximum atomic E-state index is 10.6. The van der Waals surface area contributed by atoms with Gasteiger partial charge in [0.2, 0.25) is 0 Å². The molecule has 0 radical (unpaired) electrons. The van der Waals surface area contributed by atoms with Crippen LogP contribution in [-0.4, -0.2) is 29.1 Å². The molecule has 1 aromatic heterocycles. The molecule has 1 N–H and O–H groups in total. The van der Waals surface area contributed by atoms with Gasteiger partial charge in [0.15, 0.2) is 0 Å². The molecule has 1 unspecified atom stereocenters. The number of hydrogen-bond acceptors (Lipinski definition) is 3. The van der Waals surface area contributed by atoms with E-state index in [4.69, 9.17) is 5.11 Å². The maximum absolute atomic E-state index is 10.6. The second-order valence-corrected chi connectivity index (χ2v) is 5.74. The Balaban J connectivity index is 3.10. The number of rotatable bonds is 4. The molecule has 0 aliphatic heterocycles. The van der Waals surface area contributed by atoms with Crippen molar-refractivity contribution in [2.75, 3.05) is 11.9 Å². The van der Waals surface area contributed by atoms with Crippen LogP contribution in [0.5, 0.6) is 0 Å². The Bertz CT molecular complexity index is 475. The highest BCUT2D eigenvalue weighted by molar-refractivity contribution is 5.86. The topological polar surface area (TPSA) is 53.4 Å². The molecule has 1 atom stereocenters. The number of hydrogen-bond donors (Lipinski definition) is 1. The summed E-state index contributed by atoms with van der Waals surface area (Å²) in [4.78, 5) is 17.1. The van der Waals surface area contributed by atoms with Gasteiger partial charge in [0.25, 0.3) is 0 Å². The number of aliphatic carboxylic acids is 1. The van der Waals surface area contributed by atoms with Crippen LogP contribution in [0.3, 0.4) is 0 Å². The lowest BCUT2D eigenvalue weighted by atomic mass is 9.87. The predicted molar refractivity (Wildman–Crippen MR) is 78.2 cm³/mol. The molecule has 0 bridgehead atoms. The van der Waals surface area contributed by atoms with Crippen LogP contribution in [0, 0.1) is 5.41 Å². The van der Waals surface area contributed by atoms with Crippen molar-refractivity contribution in [3.63, 3.8) is 0 Å². The van der Waals surface area contributed by atoms with Crippen molar-refractivity contribution >= 4 is 17.9 Å². The molecule has 0 saturated carbocycles. The number of aromatic nitrogens is 1. The van der Waals surface area contributed by atoms with Gasteiger partial charge in [0.05, 0.1) is 0 Å². The first-order valence-corrected chi connectivity index (χ1v) is 6.32. The molecule has 0 amide bonds. The maximum Gasteiger partial charge on any atom is 0.328 e. The van der Waals surface area contributed by atoms with Crippen LogP contribution in [0.25, 0.3) is 6.08 Å². The van der Waals surface area contributed by atoms with Gasteiger partial charge < -0.3 is 10.0 Å². The first kappa shape index (κ1) is 15.2. The molecule has 0 fully saturated rings. The standard InChI is InChI=1S/C15H22N2O2/c1-11(15(2,3)4)17(5)14-12(7-6-10-16-14)8-9-13(18)19/h6-11H,1-5H3,(H,18,19)/b9-8+. The molecule has 104 valence electrons. The van der Waals surface area contributed by atoms with Crippen molar-refractivity contribution in [2.45, 2.75) is 33.7 Å². The second kappa shape index (κ2) is 5.87. The molecular weight excluding hydrogens is 240 g/mol. The molecule has 0 aliphatic carbocycles. The number of carbonyl (C=O) groups is 1. The van der Waals surface area contributed by atoms with E-state index in [-0.39, 0.29) is 11.5 Å². The fraction of sp³-hybridized carbons (Fsp3) is 0.467. The van der Waals surface area contributed by atoms with Crippen LogP contribution in [0.4, 0.5) is 5.82 Å². The van der Waals surface area contributed by atoms with E-state index in [1.807, 2.05) is 13.1 Å². The smallest absolute Gasteiger partial charge is 0.328 e. The molecule has 1 heterocycles. The van der Waals surface area contributed by atoms with Gasteiger partial charge >= 0.3 is 5.97 Å². The van der Waals surface area contributed by atoms with Crippen LogP contribution in [0.2, 0.25) is 0 Å². The lowest BCUT2D eigenvalue weighted by Gasteiger charge is -2.36. The highest BCUT2D eigenvalue weighted by Gasteiger charge is 2.25. The molecule has 0 spiro atoms. The number of nitrogens with zero attached hydrogens (tertiary/aromatic N) is 2. The SMILES string of the molecule is CC(N(C)c1ncccc1/C=C/C(=O)O)C(C)(C)C. The summed E-state index contributed by atoms with van der Waals surface area (Å²) in [6.45, 7) is 8.65. The summed E-state index contributed by atoms with van der Waals surface area (Å²) in [5, 5.41) is 8.72. The number of pyridine rings is 1. The molecular formula is C15H22N2O2. The van der Waals surface area contributed by atoms with E-state index in [0.29, 0.717) is 0 Å². The van der Waals surface area contributed by atoms with Crippen LogP contribution in [0.1, 0.15) is 33.3 Å². The molecule has 1 rings (SSSR count). The Labute approximate surface area is 114 Å². The average molecular weight is 262 g/mol. The highest BCUT2D eigenvalue weighted by Crippen LogP contribution is 2.28. The van der Waals surface area contributed by atoms with Gasteiger partial charge in [-0.2, -0.15) is 0 Å². The Morgan fingerprint density at radius 1 is 1.47 bits per heavy atom. The van der Waals surface area contributed by atoms with Crippen LogP contribution in [-0.2, 0) is 4.79 Å². The summed E-state index contributed by atoms with van der Waals surface area (Å²) in [5.74, 6) is -0.163. The third-order valence-corrected chi connectivity index (χ3v) is 3.39.